The standard InChI is InChI=1S/C50H54BClN6O12S2/c1-29-53-37(28-71-29)41(55-68-26-39(59)69-50(2,3)4)45(60)54-42-47(62)57-43(49(63)70-51)32(27-72-48(42)57)23-58-20-17-33(18-21-58)56(19-22-58)46(61)36-15-16-38(66-24-30-7-11-34(64-5)12-8-30)44(40(36)52)67-25-31-9-13-35(65-6)14-10-31/h7-16,28,33,42,48H,17-27H2,1-6H3/p+1/b55-41-/t33?,42-,48-,58?/m1/s1. The van der Waals surface area contributed by atoms with Crippen LogP contribution in [0, 0.1) is 6.92 Å². The fraction of sp³-hybridized carbons (Fsp3) is 0.420. The molecule has 4 aromatic rings. The van der Waals surface area contributed by atoms with Crippen molar-refractivity contribution >= 4 is 78.1 Å². The minimum Gasteiger partial charge on any atom is -0.539 e. The van der Waals surface area contributed by atoms with Crippen molar-refractivity contribution in [3.05, 3.63) is 110 Å². The van der Waals surface area contributed by atoms with Gasteiger partial charge in [-0.15, -0.1) is 23.1 Å². The zero-order chi connectivity index (χ0) is 51.3. The molecule has 4 saturated heterocycles. The number of rotatable bonds is 18. The van der Waals surface area contributed by atoms with Crippen LogP contribution in [0.15, 0.2) is 82.5 Å². The van der Waals surface area contributed by atoms with Crippen molar-refractivity contribution < 1.29 is 61.6 Å². The fourth-order valence-corrected chi connectivity index (χ4v) is 11.4. The number of ether oxygens (including phenoxy) is 5. The van der Waals surface area contributed by atoms with Crippen LogP contribution >= 0.6 is 34.7 Å². The first-order valence-electron chi connectivity index (χ1n) is 23.2. The number of thioether (sulfide) groups is 1. The fourth-order valence-electron chi connectivity index (χ4n) is 9.17. The number of nitrogens with zero attached hydrogens (tertiary/aromatic N) is 5. The molecule has 2 atom stereocenters. The third kappa shape index (κ3) is 11.6. The van der Waals surface area contributed by atoms with Gasteiger partial charge >= 0.3 is 20.0 Å². The maximum atomic E-state index is 14.7. The molecule has 0 unspecified atom stereocenters. The number of β-lactam (4-membered cyclic amide) rings is 1. The van der Waals surface area contributed by atoms with E-state index in [9.17, 15) is 24.0 Å². The van der Waals surface area contributed by atoms with Crippen molar-refractivity contribution in [2.75, 3.05) is 59.3 Å². The van der Waals surface area contributed by atoms with E-state index in [4.69, 9.17) is 52.8 Å². The van der Waals surface area contributed by atoms with Gasteiger partial charge in [-0.1, -0.05) is 41.0 Å². The quantitative estimate of drug-likeness (QED) is 0.0316. The summed E-state index contributed by atoms with van der Waals surface area (Å²) in [6, 6.07) is 17.2. The van der Waals surface area contributed by atoms with Crippen LogP contribution in [0.2, 0.25) is 5.02 Å². The van der Waals surface area contributed by atoms with Gasteiger partial charge in [0.25, 0.3) is 17.7 Å². The van der Waals surface area contributed by atoms with Crippen LogP contribution in [0.5, 0.6) is 23.0 Å². The van der Waals surface area contributed by atoms with Crippen molar-refractivity contribution in [3.8, 4) is 23.0 Å². The minimum atomic E-state index is -1.05. The van der Waals surface area contributed by atoms with Crippen LogP contribution in [0.1, 0.15) is 65.8 Å². The molecule has 22 heteroatoms. The lowest BCUT2D eigenvalue weighted by Crippen LogP contribution is -2.71. The molecule has 0 saturated carbocycles. The number of fused-ring (bicyclic) bond motifs is 5. The monoisotopic (exact) mass is 1040 g/mol. The van der Waals surface area contributed by atoms with Gasteiger partial charge in [0.05, 0.1) is 56.0 Å². The summed E-state index contributed by atoms with van der Waals surface area (Å²) < 4.78 is 33.8. The number of halogens is 1. The lowest BCUT2D eigenvalue weighted by atomic mass is 9.99. The van der Waals surface area contributed by atoms with Crippen molar-refractivity contribution in [3.63, 3.8) is 0 Å². The number of hydrogen-bond donors (Lipinski definition) is 1. The molecule has 0 aliphatic carbocycles. The van der Waals surface area contributed by atoms with E-state index >= 15 is 0 Å². The zero-order valence-corrected chi connectivity index (χ0v) is 43.2. The van der Waals surface area contributed by atoms with Crippen molar-refractivity contribution in [1.82, 2.24) is 20.1 Å². The first kappa shape index (κ1) is 52.1. The number of amides is 3. The number of aromatic nitrogens is 1. The van der Waals surface area contributed by atoms with E-state index in [0.717, 1.165) is 16.9 Å². The van der Waals surface area contributed by atoms with Gasteiger partial charge in [0.15, 0.2) is 17.2 Å². The van der Waals surface area contributed by atoms with E-state index in [1.54, 1.807) is 59.4 Å². The van der Waals surface area contributed by atoms with Gasteiger partial charge in [0.2, 0.25) is 6.61 Å². The summed E-state index contributed by atoms with van der Waals surface area (Å²) in [5.41, 5.74) is 1.93. The van der Waals surface area contributed by atoms with Gasteiger partial charge in [-0.05, 0) is 75.2 Å². The topological polar surface area (TPSA) is 194 Å². The largest absolute Gasteiger partial charge is 0.539 e. The number of esters is 1. The smallest absolute Gasteiger partial charge is 0.378 e. The van der Waals surface area contributed by atoms with Crippen molar-refractivity contribution in [1.29, 1.82) is 0 Å². The first-order valence-corrected chi connectivity index (χ1v) is 25.5. The highest BCUT2D eigenvalue weighted by atomic mass is 35.5. The zero-order valence-electron chi connectivity index (χ0n) is 40.8. The molecule has 9 rings (SSSR count). The summed E-state index contributed by atoms with van der Waals surface area (Å²) in [6.45, 7) is 9.46. The van der Waals surface area contributed by atoms with Gasteiger partial charge in [0.1, 0.15) is 59.7 Å². The number of aryl methyl sites for hydroxylation is 1. The minimum absolute atomic E-state index is 0.0384. The Labute approximate surface area is 431 Å². The van der Waals surface area contributed by atoms with E-state index < -0.39 is 47.4 Å². The maximum absolute atomic E-state index is 14.7. The average molecular weight is 1040 g/mol. The van der Waals surface area contributed by atoms with Gasteiger partial charge in [-0.2, -0.15) is 0 Å². The van der Waals surface area contributed by atoms with E-state index in [1.807, 2.05) is 53.4 Å². The third-order valence-electron chi connectivity index (χ3n) is 12.8. The molecule has 6 heterocycles. The van der Waals surface area contributed by atoms with E-state index in [0.29, 0.717) is 77.9 Å². The summed E-state index contributed by atoms with van der Waals surface area (Å²) >= 11 is 9.82. The molecule has 2 bridgehead atoms. The molecule has 378 valence electrons. The van der Waals surface area contributed by atoms with Crippen molar-refractivity contribution in [2.24, 2.45) is 5.16 Å². The molecule has 72 heavy (non-hydrogen) atoms. The summed E-state index contributed by atoms with van der Waals surface area (Å²) in [7, 11) is 8.70. The Balaban J connectivity index is 0.967. The first-order chi connectivity index (χ1) is 34.5. The predicted molar refractivity (Wildman–Crippen MR) is 269 cm³/mol. The Morgan fingerprint density at radius 2 is 1.58 bits per heavy atom. The van der Waals surface area contributed by atoms with E-state index in [-0.39, 0.29) is 58.6 Å². The Kier molecular flexibility index (Phi) is 16.1. The molecule has 5 aliphatic rings. The van der Waals surface area contributed by atoms with Crippen molar-refractivity contribution in [2.45, 2.75) is 76.8 Å². The summed E-state index contributed by atoms with van der Waals surface area (Å²) in [5.74, 6) is -0.731. The normalized spacial score (nSPS) is 20.7. The van der Waals surface area contributed by atoms with Crippen LogP contribution in [-0.4, -0.2) is 145 Å². The highest BCUT2D eigenvalue weighted by molar-refractivity contribution is 8.00. The Morgan fingerprint density at radius 3 is 2.18 bits per heavy atom. The molecule has 2 radical (unpaired) electrons. The molecule has 3 aromatic carbocycles. The van der Waals surface area contributed by atoms with Gasteiger partial charge in [-0.3, -0.25) is 19.3 Å². The number of carbonyl (C=O) groups is 5. The molecule has 18 nitrogen and oxygen atoms in total. The van der Waals surface area contributed by atoms with E-state index in [1.165, 1.54) is 28.0 Å². The molecule has 4 fully saturated rings. The Hall–Kier alpha value is -6.29. The number of hydrogen-bond acceptors (Lipinski definition) is 16. The average Bonchev–Trinajstić information content (AvgIpc) is 3.62. The summed E-state index contributed by atoms with van der Waals surface area (Å²) in [4.78, 5) is 81.0. The second-order valence-electron chi connectivity index (χ2n) is 18.7. The highest BCUT2D eigenvalue weighted by Gasteiger charge is 2.56. The highest BCUT2D eigenvalue weighted by Crippen LogP contribution is 2.44. The van der Waals surface area contributed by atoms with Gasteiger partial charge in [-0.25, -0.2) is 14.6 Å². The molecular formula is C50H55BClN6O12S2+. The van der Waals surface area contributed by atoms with Crippen LogP contribution in [0.3, 0.4) is 0 Å². The van der Waals surface area contributed by atoms with Crippen LogP contribution in [-0.2, 0) is 46.6 Å². The predicted octanol–water partition coefficient (Wildman–Crippen LogP) is 5.76. The second kappa shape index (κ2) is 22.2. The molecule has 3 amide bonds. The van der Waals surface area contributed by atoms with E-state index in [2.05, 4.69) is 15.5 Å². The van der Waals surface area contributed by atoms with Gasteiger partial charge in [0, 0.05) is 35.6 Å². The third-order valence-corrected chi connectivity index (χ3v) is 15.3. The number of methoxy groups -OCH3 is 2. The molecular weight excluding hydrogens is 987 g/mol. The van der Waals surface area contributed by atoms with Gasteiger partial charge < -0.3 is 47.9 Å². The molecule has 1 aromatic heterocycles. The number of oxime groups is 1. The lowest BCUT2D eigenvalue weighted by Gasteiger charge is -2.50. The number of benzene rings is 3. The number of quaternary nitrogens is 1. The van der Waals surface area contributed by atoms with Crippen LogP contribution in [0.25, 0.3) is 0 Å². The molecule has 5 aliphatic heterocycles. The SMILES string of the molecule is [B]OC(=O)C1=C(C[N+]23CCC(CC2)N(C(=O)c2ccc(OCc4ccc(OC)cc4)c(OCc4ccc(OC)cc4)c2Cl)CC3)CS[C@@H]2[C@H](NC(=O)/C(=N\OCC(=O)OC(C)(C)C)c3csc(C)n3)C(=O)N12. The number of carbonyl (C=O) groups excluding carboxylic acids is 5. The molecule has 0 spiro atoms. The second-order valence-corrected chi connectivity index (χ2v) is 21.2. The number of piperidine rings is 1. The maximum Gasteiger partial charge on any atom is 0.378 e. The number of thiazole rings is 1. The Morgan fingerprint density at radius 1 is 0.931 bits per heavy atom. The number of nitrogens with one attached hydrogen (secondary N) is 1. The summed E-state index contributed by atoms with van der Waals surface area (Å²) in [5, 5.41) is 8.40. The Bertz CT molecular complexity index is 2760. The lowest BCUT2D eigenvalue weighted by molar-refractivity contribution is -0.924. The summed E-state index contributed by atoms with van der Waals surface area (Å²) in [6.07, 6.45) is 1.38. The van der Waals surface area contributed by atoms with Crippen LogP contribution in [0.4, 0.5) is 0 Å². The van der Waals surface area contributed by atoms with Crippen LogP contribution < -0.4 is 24.3 Å². The molecule has 1 N–H and O–H groups in total.